The molecular weight excluding hydrogens is 450 g/mol. The molecule has 0 aromatic heterocycles. The van der Waals surface area contributed by atoms with Crippen LogP contribution in [-0.4, -0.2) is 47.8 Å². The van der Waals surface area contributed by atoms with Gasteiger partial charge < -0.3 is 15.5 Å². The second kappa shape index (κ2) is 11.8. The van der Waals surface area contributed by atoms with Gasteiger partial charge in [0.1, 0.15) is 11.6 Å². The zero-order valence-electron chi connectivity index (χ0n) is 20.2. The monoisotopic (exact) mass is 479 g/mol. The molecule has 36 heavy (non-hydrogen) atoms. The van der Waals surface area contributed by atoms with Gasteiger partial charge in [0.25, 0.3) is 5.91 Å². The average molecular weight is 480 g/mol. The Balaban J connectivity index is 1.40. The van der Waals surface area contributed by atoms with E-state index in [0.717, 1.165) is 13.1 Å². The predicted octanol–water partition coefficient (Wildman–Crippen LogP) is 4.40. The summed E-state index contributed by atoms with van der Waals surface area (Å²) in [5.74, 6) is -0.626. The van der Waals surface area contributed by atoms with E-state index in [4.69, 9.17) is 0 Å². The fourth-order valence-electron chi connectivity index (χ4n) is 4.37. The first-order valence-corrected chi connectivity index (χ1v) is 11.9. The molecule has 3 aromatic rings. The maximum atomic E-state index is 12.7. The molecule has 0 radical (unpaired) electrons. The maximum Gasteiger partial charge on any atom is 0.267 e. The van der Waals surface area contributed by atoms with Crippen molar-refractivity contribution in [3.63, 3.8) is 0 Å². The molecule has 2 amide bonds. The lowest BCUT2D eigenvalue weighted by molar-refractivity contribution is -0.114. The summed E-state index contributed by atoms with van der Waals surface area (Å²) < 4.78 is 0. The van der Waals surface area contributed by atoms with Crippen LogP contribution < -0.4 is 10.6 Å². The number of nitrogens with one attached hydrogen (secondary N) is 2. The van der Waals surface area contributed by atoms with E-state index in [-0.39, 0.29) is 17.5 Å². The summed E-state index contributed by atoms with van der Waals surface area (Å²) in [5.41, 5.74) is 3.73. The minimum atomic E-state index is -0.460. The molecule has 7 nitrogen and oxygen atoms in total. The standard InChI is InChI=1S/C29H29N5O2/c1-22(35)31-26-12-14-27(15-13-26)32-29(36)25(20-30)21-33-16-18-34(19-17-33)28(23-8-4-2-5-9-23)24-10-6-3-7-11-24/h2-15,21,28H,16-19H2,1H3,(H,31,35)(H,32,36)/b25-21-. The number of hydrogen-bond donors (Lipinski definition) is 2. The lowest BCUT2D eigenvalue weighted by atomic mass is 9.96. The van der Waals surface area contributed by atoms with E-state index in [1.165, 1.54) is 18.1 Å². The molecule has 182 valence electrons. The van der Waals surface area contributed by atoms with Gasteiger partial charge in [0, 0.05) is 50.7 Å². The number of piperazine rings is 1. The van der Waals surface area contributed by atoms with E-state index in [1.54, 1.807) is 30.5 Å². The number of nitriles is 1. The number of benzene rings is 3. The summed E-state index contributed by atoms with van der Waals surface area (Å²) in [7, 11) is 0. The van der Waals surface area contributed by atoms with Crippen LogP contribution in [0.2, 0.25) is 0 Å². The lowest BCUT2D eigenvalue weighted by Crippen LogP contribution is -2.46. The summed E-state index contributed by atoms with van der Waals surface area (Å²) in [6.45, 7) is 4.45. The molecule has 0 saturated carbocycles. The third kappa shape index (κ3) is 6.38. The van der Waals surface area contributed by atoms with Crippen molar-refractivity contribution in [3.05, 3.63) is 108 Å². The quantitative estimate of drug-likeness (QED) is 0.387. The Kier molecular flexibility index (Phi) is 8.12. The molecule has 4 rings (SSSR count). The summed E-state index contributed by atoms with van der Waals surface area (Å²) in [5, 5.41) is 15.1. The van der Waals surface area contributed by atoms with Crippen LogP contribution in [0, 0.1) is 11.3 Å². The molecule has 0 atom stereocenters. The van der Waals surface area contributed by atoms with Crippen LogP contribution in [0.1, 0.15) is 24.1 Å². The van der Waals surface area contributed by atoms with E-state index in [0.29, 0.717) is 24.5 Å². The van der Waals surface area contributed by atoms with Crippen molar-refractivity contribution >= 4 is 23.2 Å². The van der Waals surface area contributed by atoms with Gasteiger partial charge in [-0.15, -0.1) is 0 Å². The Morgan fingerprint density at radius 1 is 0.806 bits per heavy atom. The first kappa shape index (κ1) is 24.7. The second-order valence-corrected chi connectivity index (χ2v) is 8.66. The number of carbonyl (C=O) groups excluding carboxylic acids is 2. The zero-order valence-corrected chi connectivity index (χ0v) is 20.2. The van der Waals surface area contributed by atoms with E-state index >= 15 is 0 Å². The molecule has 3 aromatic carbocycles. The summed E-state index contributed by atoms with van der Waals surface area (Å²) in [4.78, 5) is 28.3. The Labute approximate surface area is 211 Å². The van der Waals surface area contributed by atoms with Gasteiger partial charge in [0.05, 0.1) is 6.04 Å². The first-order valence-electron chi connectivity index (χ1n) is 11.9. The normalized spacial score (nSPS) is 14.2. The molecule has 0 spiro atoms. The van der Waals surface area contributed by atoms with Gasteiger partial charge >= 0.3 is 0 Å². The second-order valence-electron chi connectivity index (χ2n) is 8.66. The van der Waals surface area contributed by atoms with Crippen molar-refractivity contribution in [3.8, 4) is 6.07 Å². The third-order valence-corrected chi connectivity index (χ3v) is 6.08. The highest BCUT2D eigenvalue weighted by molar-refractivity contribution is 6.06. The van der Waals surface area contributed by atoms with Crippen LogP contribution >= 0.6 is 0 Å². The predicted molar refractivity (Wildman–Crippen MR) is 141 cm³/mol. The van der Waals surface area contributed by atoms with Gasteiger partial charge in [-0.05, 0) is 35.4 Å². The van der Waals surface area contributed by atoms with Crippen molar-refractivity contribution < 1.29 is 9.59 Å². The molecule has 1 saturated heterocycles. The molecule has 1 aliphatic rings. The van der Waals surface area contributed by atoms with Crippen molar-refractivity contribution in [2.75, 3.05) is 36.8 Å². The largest absolute Gasteiger partial charge is 0.374 e. The lowest BCUT2D eigenvalue weighted by Gasteiger charge is -2.39. The number of hydrogen-bond acceptors (Lipinski definition) is 5. The molecule has 1 aliphatic heterocycles. The molecule has 0 unspecified atom stereocenters. The third-order valence-electron chi connectivity index (χ3n) is 6.08. The average Bonchev–Trinajstić information content (AvgIpc) is 2.90. The fraction of sp³-hybridized carbons (Fsp3) is 0.207. The first-order chi connectivity index (χ1) is 17.5. The maximum absolute atomic E-state index is 12.7. The summed E-state index contributed by atoms with van der Waals surface area (Å²) in [6.07, 6.45) is 1.65. The summed E-state index contributed by atoms with van der Waals surface area (Å²) in [6, 6.07) is 29.9. The molecule has 0 aliphatic carbocycles. The van der Waals surface area contributed by atoms with Crippen molar-refractivity contribution in [1.29, 1.82) is 5.26 Å². The van der Waals surface area contributed by atoms with Crippen LogP contribution in [0.3, 0.4) is 0 Å². The Hall–Kier alpha value is -4.41. The Morgan fingerprint density at radius 3 is 1.78 bits per heavy atom. The number of rotatable bonds is 7. The van der Waals surface area contributed by atoms with Gasteiger partial charge in [0.2, 0.25) is 5.91 Å². The topological polar surface area (TPSA) is 88.5 Å². The van der Waals surface area contributed by atoms with Gasteiger partial charge in [-0.2, -0.15) is 5.26 Å². The molecule has 1 fully saturated rings. The molecule has 0 bridgehead atoms. The highest BCUT2D eigenvalue weighted by atomic mass is 16.2. The van der Waals surface area contributed by atoms with Crippen molar-refractivity contribution in [2.24, 2.45) is 0 Å². The van der Waals surface area contributed by atoms with Crippen LogP contribution in [0.5, 0.6) is 0 Å². The Morgan fingerprint density at radius 2 is 1.31 bits per heavy atom. The molecule has 1 heterocycles. The zero-order chi connectivity index (χ0) is 25.3. The smallest absolute Gasteiger partial charge is 0.267 e. The fourth-order valence-corrected chi connectivity index (χ4v) is 4.37. The van der Waals surface area contributed by atoms with Gasteiger partial charge in [-0.25, -0.2) is 0 Å². The van der Waals surface area contributed by atoms with Gasteiger partial charge in [-0.1, -0.05) is 60.7 Å². The van der Waals surface area contributed by atoms with Crippen LogP contribution in [0.4, 0.5) is 11.4 Å². The van der Waals surface area contributed by atoms with Crippen molar-refractivity contribution in [2.45, 2.75) is 13.0 Å². The molecule has 7 heteroatoms. The number of carbonyl (C=O) groups is 2. The van der Waals surface area contributed by atoms with Crippen LogP contribution in [0.25, 0.3) is 0 Å². The summed E-state index contributed by atoms with van der Waals surface area (Å²) >= 11 is 0. The minimum Gasteiger partial charge on any atom is -0.374 e. The van der Waals surface area contributed by atoms with E-state index in [2.05, 4.69) is 64.1 Å². The number of nitrogens with zero attached hydrogens (tertiary/aromatic N) is 3. The number of anilines is 2. The number of amides is 2. The SMILES string of the molecule is CC(=O)Nc1ccc(NC(=O)/C(C#N)=C\N2CCN(C(c3ccccc3)c3ccccc3)CC2)cc1. The van der Waals surface area contributed by atoms with Gasteiger partial charge in [0.15, 0.2) is 0 Å². The highest BCUT2D eigenvalue weighted by Crippen LogP contribution is 2.29. The van der Waals surface area contributed by atoms with E-state index in [9.17, 15) is 14.9 Å². The molecular formula is C29H29N5O2. The minimum absolute atomic E-state index is 0.0528. The highest BCUT2D eigenvalue weighted by Gasteiger charge is 2.26. The van der Waals surface area contributed by atoms with Crippen molar-refractivity contribution in [1.82, 2.24) is 9.80 Å². The van der Waals surface area contributed by atoms with Gasteiger partial charge in [-0.3, -0.25) is 14.5 Å². The molecule has 2 N–H and O–H groups in total. The van der Waals surface area contributed by atoms with E-state index < -0.39 is 5.91 Å². The van der Waals surface area contributed by atoms with Crippen LogP contribution in [-0.2, 0) is 9.59 Å². The van der Waals surface area contributed by atoms with E-state index in [1.807, 2.05) is 23.1 Å². The Bertz CT molecular complexity index is 1200. The van der Waals surface area contributed by atoms with Crippen LogP contribution in [0.15, 0.2) is 96.7 Å².